The summed E-state index contributed by atoms with van der Waals surface area (Å²) in [5.41, 5.74) is 0.583. The van der Waals surface area contributed by atoms with E-state index in [2.05, 4.69) is 0 Å². The molecule has 1 saturated carbocycles. The first-order chi connectivity index (χ1) is 9.47. The molecule has 4 atom stereocenters. The topological polar surface area (TPSA) is 73.9 Å². The van der Waals surface area contributed by atoms with Gasteiger partial charge >= 0.3 is 0 Å². The fraction of sp³-hybridized carbons (Fsp3) is 0.667. The number of β-amino-alcohol motifs (C(OH)–C–C–N with tert-alkyl or cyclic N) is 1. The molecule has 2 heterocycles. The van der Waals surface area contributed by atoms with Crippen LogP contribution in [0.5, 0.6) is 0 Å². The summed E-state index contributed by atoms with van der Waals surface area (Å²) in [5, 5.41) is 20.1. The molecule has 110 valence electrons. The van der Waals surface area contributed by atoms with Crippen LogP contribution in [0.15, 0.2) is 10.5 Å². The third-order valence-electron chi connectivity index (χ3n) is 4.69. The SMILES string of the molecule is Cc1cc(C(=O)N2C[C@H](O)[C@H]3C[C@@H]2CC[C@H]3O)c(C)o1. The summed E-state index contributed by atoms with van der Waals surface area (Å²) < 4.78 is 5.42. The van der Waals surface area contributed by atoms with Crippen LogP contribution in [0.4, 0.5) is 0 Å². The molecule has 1 aromatic rings. The smallest absolute Gasteiger partial charge is 0.257 e. The number of likely N-dealkylation sites (tertiary alicyclic amines) is 1. The lowest BCUT2D eigenvalue weighted by atomic mass is 9.76. The maximum absolute atomic E-state index is 12.7. The average molecular weight is 279 g/mol. The number of amides is 1. The lowest BCUT2D eigenvalue weighted by molar-refractivity contribution is -0.0793. The molecular weight excluding hydrogens is 258 g/mol. The summed E-state index contributed by atoms with van der Waals surface area (Å²) in [4.78, 5) is 14.4. The Morgan fingerprint density at radius 3 is 2.70 bits per heavy atom. The molecule has 2 fully saturated rings. The van der Waals surface area contributed by atoms with Crippen molar-refractivity contribution in [2.24, 2.45) is 5.92 Å². The molecule has 1 aliphatic heterocycles. The van der Waals surface area contributed by atoms with Crippen molar-refractivity contribution in [1.82, 2.24) is 4.90 Å². The largest absolute Gasteiger partial charge is 0.466 e. The Labute approximate surface area is 118 Å². The second-order valence-corrected chi connectivity index (χ2v) is 6.05. The normalized spacial score (nSPS) is 33.3. The number of aryl methyl sites for hydroxylation is 2. The zero-order chi connectivity index (χ0) is 14.4. The Hall–Kier alpha value is -1.33. The van der Waals surface area contributed by atoms with Crippen molar-refractivity contribution in [3.63, 3.8) is 0 Å². The van der Waals surface area contributed by atoms with Crippen LogP contribution in [-0.2, 0) is 0 Å². The van der Waals surface area contributed by atoms with Crippen LogP contribution in [0.1, 0.15) is 41.1 Å². The van der Waals surface area contributed by atoms with E-state index in [1.54, 1.807) is 17.9 Å². The van der Waals surface area contributed by atoms with Gasteiger partial charge in [0.25, 0.3) is 5.91 Å². The van der Waals surface area contributed by atoms with Crippen LogP contribution >= 0.6 is 0 Å². The first-order valence-electron chi connectivity index (χ1n) is 7.21. The first-order valence-corrected chi connectivity index (χ1v) is 7.21. The number of fused-ring (bicyclic) bond motifs is 2. The van der Waals surface area contributed by atoms with Gasteiger partial charge in [-0.05, 0) is 39.2 Å². The Kier molecular flexibility index (Phi) is 3.34. The summed E-state index contributed by atoms with van der Waals surface area (Å²) in [6.07, 6.45) is 1.06. The van der Waals surface area contributed by atoms with E-state index in [-0.39, 0.29) is 17.9 Å². The highest BCUT2D eigenvalue weighted by Crippen LogP contribution is 2.36. The predicted octanol–water partition coefficient (Wildman–Crippen LogP) is 1.24. The molecular formula is C15H21NO4. The molecule has 1 amide bonds. The molecule has 0 aromatic carbocycles. The fourth-order valence-corrected chi connectivity index (χ4v) is 3.60. The van der Waals surface area contributed by atoms with Gasteiger partial charge < -0.3 is 19.5 Å². The number of nitrogens with zero attached hydrogens (tertiary/aromatic N) is 1. The van der Waals surface area contributed by atoms with E-state index in [1.807, 2.05) is 6.92 Å². The molecule has 2 N–H and O–H groups in total. The molecule has 2 aliphatic rings. The van der Waals surface area contributed by atoms with E-state index in [0.717, 1.165) is 12.2 Å². The van der Waals surface area contributed by atoms with Gasteiger partial charge in [-0.25, -0.2) is 0 Å². The number of piperidine rings is 1. The summed E-state index contributed by atoms with van der Waals surface area (Å²) in [6, 6.07) is 1.88. The number of hydrogen-bond donors (Lipinski definition) is 2. The molecule has 0 unspecified atom stereocenters. The van der Waals surface area contributed by atoms with E-state index < -0.39 is 12.2 Å². The van der Waals surface area contributed by atoms with Crippen molar-refractivity contribution >= 4 is 5.91 Å². The van der Waals surface area contributed by atoms with E-state index in [9.17, 15) is 15.0 Å². The summed E-state index contributed by atoms with van der Waals surface area (Å²) in [7, 11) is 0. The van der Waals surface area contributed by atoms with Crippen molar-refractivity contribution in [3.05, 3.63) is 23.2 Å². The zero-order valence-electron chi connectivity index (χ0n) is 11.9. The monoisotopic (exact) mass is 279 g/mol. The second-order valence-electron chi connectivity index (χ2n) is 6.05. The van der Waals surface area contributed by atoms with Gasteiger partial charge in [-0.3, -0.25) is 4.79 Å². The molecule has 0 spiro atoms. The minimum atomic E-state index is -0.640. The number of hydrogen-bond acceptors (Lipinski definition) is 4. The molecule has 5 heteroatoms. The number of aliphatic hydroxyl groups excluding tert-OH is 2. The van der Waals surface area contributed by atoms with Crippen LogP contribution in [0.2, 0.25) is 0 Å². The molecule has 0 radical (unpaired) electrons. The molecule has 3 rings (SSSR count). The number of carbonyl (C=O) groups is 1. The number of furan rings is 1. The molecule has 1 aromatic heterocycles. The predicted molar refractivity (Wildman–Crippen MR) is 72.4 cm³/mol. The maximum Gasteiger partial charge on any atom is 0.257 e. The van der Waals surface area contributed by atoms with E-state index in [4.69, 9.17) is 4.42 Å². The van der Waals surface area contributed by atoms with Gasteiger partial charge in [0.15, 0.2) is 0 Å². The maximum atomic E-state index is 12.7. The standard InChI is InChI=1S/C15H21NO4/c1-8-5-11(9(2)20-8)15(19)16-7-14(18)12-6-10(16)3-4-13(12)17/h5,10,12-14,17-18H,3-4,6-7H2,1-2H3/t10-,12-,13+,14-/m0/s1. The minimum Gasteiger partial charge on any atom is -0.466 e. The molecule has 1 aliphatic carbocycles. The van der Waals surface area contributed by atoms with Crippen molar-refractivity contribution in [1.29, 1.82) is 0 Å². The fourth-order valence-electron chi connectivity index (χ4n) is 3.60. The lowest BCUT2D eigenvalue weighted by Crippen LogP contribution is -2.57. The molecule has 1 saturated heterocycles. The van der Waals surface area contributed by atoms with E-state index in [0.29, 0.717) is 30.7 Å². The van der Waals surface area contributed by atoms with Crippen molar-refractivity contribution < 1.29 is 19.4 Å². The lowest BCUT2D eigenvalue weighted by Gasteiger charge is -2.47. The van der Waals surface area contributed by atoms with Crippen LogP contribution in [0.3, 0.4) is 0 Å². The third-order valence-corrected chi connectivity index (χ3v) is 4.69. The highest BCUT2D eigenvalue weighted by molar-refractivity contribution is 5.95. The Morgan fingerprint density at radius 2 is 2.05 bits per heavy atom. The van der Waals surface area contributed by atoms with E-state index in [1.165, 1.54) is 0 Å². The highest BCUT2D eigenvalue weighted by atomic mass is 16.3. The number of aliphatic hydroxyl groups is 2. The molecule has 2 bridgehead atoms. The van der Waals surface area contributed by atoms with E-state index >= 15 is 0 Å². The van der Waals surface area contributed by atoms with Gasteiger partial charge in [0.2, 0.25) is 0 Å². The summed E-state index contributed by atoms with van der Waals surface area (Å²) in [5.74, 6) is 1.18. The van der Waals surface area contributed by atoms with Gasteiger partial charge in [0.05, 0.1) is 17.8 Å². The van der Waals surface area contributed by atoms with Crippen molar-refractivity contribution in [2.45, 2.75) is 51.4 Å². The second kappa shape index (κ2) is 4.90. The minimum absolute atomic E-state index is 0.0711. The molecule has 5 nitrogen and oxygen atoms in total. The number of rotatable bonds is 1. The Balaban J connectivity index is 1.84. The first kappa shape index (κ1) is 13.6. The van der Waals surface area contributed by atoms with Gasteiger partial charge in [-0.15, -0.1) is 0 Å². The van der Waals surface area contributed by atoms with Crippen LogP contribution in [-0.4, -0.2) is 45.8 Å². The van der Waals surface area contributed by atoms with Crippen molar-refractivity contribution in [2.75, 3.05) is 6.54 Å². The van der Waals surface area contributed by atoms with Crippen LogP contribution < -0.4 is 0 Å². The van der Waals surface area contributed by atoms with Gasteiger partial charge in [0, 0.05) is 18.5 Å². The quantitative estimate of drug-likeness (QED) is 0.811. The summed E-state index contributed by atoms with van der Waals surface area (Å²) in [6.45, 7) is 3.91. The van der Waals surface area contributed by atoms with Gasteiger partial charge in [-0.2, -0.15) is 0 Å². The molecule has 20 heavy (non-hydrogen) atoms. The van der Waals surface area contributed by atoms with Gasteiger partial charge in [0.1, 0.15) is 11.5 Å². The Morgan fingerprint density at radius 1 is 1.30 bits per heavy atom. The highest BCUT2D eigenvalue weighted by Gasteiger charge is 2.43. The van der Waals surface area contributed by atoms with Gasteiger partial charge in [-0.1, -0.05) is 0 Å². The third kappa shape index (κ3) is 2.15. The average Bonchev–Trinajstić information content (AvgIpc) is 2.75. The van der Waals surface area contributed by atoms with Crippen LogP contribution in [0, 0.1) is 19.8 Å². The van der Waals surface area contributed by atoms with Crippen molar-refractivity contribution in [3.8, 4) is 0 Å². The Bertz CT molecular complexity index is 524. The summed E-state index contributed by atoms with van der Waals surface area (Å²) >= 11 is 0. The number of carbonyl (C=O) groups excluding carboxylic acids is 1. The zero-order valence-corrected chi connectivity index (χ0v) is 11.9. The van der Waals surface area contributed by atoms with Crippen LogP contribution in [0.25, 0.3) is 0 Å².